The summed E-state index contributed by atoms with van der Waals surface area (Å²) in [5.41, 5.74) is 1.14. The summed E-state index contributed by atoms with van der Waals surface area (Å²) >= 11 is 1.46. The highest BCUT2D eigenvalue weighted by Crippen LogP contribution is 2.21. The van der Waals surface area contributed by atoms with Gasteiger partial charge in [-0.15, -0.1) is 11.8 Å². The van der Waals surface area contributed by atoms with Gasteiger partial charge in [-0.2, -0.15) is 0 Å². The van der Waals surface area contributed by atoms with E-state index in [1.54, 1.807) is 12.1 Å². The molecule has 0 aliphatic rings. The lowest BCUT2D eigenvalue weighted by atomic mass is 10.1. The van der Waals surface area contributed by atoms with Gasteiger partial charge in [-0.1, -0.05) is 42.5 Å². The largest absolute Gasteiger partial charge is 0.452 e. The summed E-state index contributed by atoms with van der Waals surface area (Å²) in [5, 5.41) is 4.88. The number of hydrogen-bond donors (Lipinski definition) is 1. The van der Waals surface area contributed by atoms with Crippen LogP contribution in [0.5, 0.6) is 0 Å². The molecule has 0 fully saturated rings. The maximum absolute atomic E-state index is 12.1. The smallest absolute Gasteiger partial charge is 0.339 e. The molecule has 0 aliphatic carbocycles. The van der Waals surface area contributed by atoms with Crippen LogP contribution in [-0.2, 0) is 9.53 Å². The predicted molar refractivity (Wildman–Crippen MR) is 101 cm³/mol. The molecule has 0 bridgehead atoms. The van der Waals surface area contributed by atoms with E-state index in [0.717, 1.165) is 15.7 Å². The number of nitrogens with one attached hydrogen (secondary N) is 1. The van der Waals surface area contributed by atoms with E-state index in [1.165, 1.54) is 11.8 Å². The number of carbonyl (C=O) groups is 2. The summed E-state index contributed by atoms with van der Waals surface area (Å²) in [4.78, 5) is 25.0. The Labute approximate surface area is 150 Å². The number of anilines is 1. The highest BCUT2D eigenvalue weighted by Gasteiger charge is 2.13. The van der Waals surface area contributed by atoms with Crippen LogP contribution in [0.1, 0.15) is 10.4 Å². The Balaban J connectivity index is 1.61. The van der Waals surface area contributed by atoms with Crippen LogP contribution in [0, 0.1) is 0 Å². The van der Waals surface area contributed by atoms with E-state index in [4.69, 9.17) is 4.74 Å². The number of thioether (sulfide) groups is 1. The lowest BCUT2D eigenvalue weighted by molar-refractivity contribution is -0.119. The van der Waals surface area contributed by atoms with Crippen LogP contribution >= 0.6 is 11.8 Å². The highest BCUT2D eigenvalue weighted by atomic mass is 32.2. The molecule has 0 unspecified atom stereocenters. The molecule has 1 amide bonds. The molecule has 3 rings (SSSR count). The fourth-order valence-electron chi connectivity index (χ4n) is 2.49. The lowest BCUT2D eigenvalue weighted by Crippen LogP contribution is -2.21. The van der Waals surface area contributed by atoms with Crippen LogP contribution in [0.25, 0.3) is 10.8 Å². The molecule has 0 spiro atoms. The monoisotopic (exact) mass is 351 g/mol. The molecule has 0 aliphatic heterocycles. The second kappa shape index (κ2) is 7.85. The first-order chi connectivity index (χ1) is 12.2. The minimum atomic E-state index is -0.501. The van der Waals surface area contributed by atoms with E-state index in [-0.39, 0.29) is 12.5 Å². The number of hydrogen-bond acceptors (Lipinski definition) is 4. The van der Waals surface area contributed by atoms with Crippen LogP contribution in [0.2, 0.25) is 0 Å². The van der Waals surface area contributed by atoms with Crippen molar-refractivity contribution in [3.63, 3.8) is 0 Å². The quantitative estimate of drug-likeness (QED) is 0.548. The average molecular weight is 351 g/mol. The number of carbonyl (C=O) groups excluding carboxylic acids is 2. The maximum atomic E-state index is 12.1. The number of benzene rings is 3. The van der Waals surface area contributed by atoms with Crippen molar-refractivity contribution in [3.05, 3.63) is 72.3 Å². The van der Waals surface area contributed by atoms with Crippen LogP contribution in [0.3, 0.4) is 0 Å². The molecule has 3 aromatic rings. The highest BCUT2D eigenvalue weighted by molar-refractivity contribution is 7.98. The first kappa shape index (κ1) is 17.0. The van der Waals surface area contributed by atoms with Crippen molar-refractivity contribution < 1.29 is 14.3 Å². The van der Waals surface area contributed by atoms with Gasteiger partial charge in [0.25, 0.3) is 5.91 Å². The summed E-state index contributed by atoms with van der Waals surface area (Å²) in [7, 11) is 0. The van der Waals surface area contributed by atoms with E-state index in [0.29, 0.717) is 11.3 Å². The summed E-state index contributed by atoms with van der Waals surface area (Å²) in [5.74, 6) is -0.871. The van der Waals surface area contributed by atoms with Crippen molar-refractivity contribution >= 4 is 40.1 Å². The third kappa shape index (κ3) is 4.19. The van der Waals surface area contributed by atoms with E-state index in [1.807, 2.05) is 60.9 Å². The average Bonchev–Trinajstić information content (AvgIpc) is 2.66. The Morgan fingerprint density at radius 1 is 0.960 bits per heavy atom. The number of fused-ring (bicyclic) bond motifs is 1. The summed E-state index contributed by atoms with van der Waals surface area (Å²) in [6, 6.07) is 20.7. The molecule has 1 N–H and O–H groups in total. The van der Waals surface area contributed by atoms with Crippen LogP contribution in [0.15, 0.2) is 71.6 Å². The van der Waals surface area contributed by atoms with Gasteiger partial charge in [0.1, 0.15) is 0 Å². The van der Waals surface area contributed by atoms with Crippen molar-refractivity contribution in [2.75, 3.05) is 18.2 Å². The number of esters is 1. The lowest BCUT2D eigenvalue weighted by Gasteiger charge is -2.09. The molecule has 0 radical (unpaired) electrons. The molecule has 0 saturated heterocycles. The molecule has 3 aromatic carbocycles. The van der Waals surface area contributed by atoms with Gasteiger partial charge < -0.3 is 10.1 Å². The maximum Gasteiger partial charge on any atom is 0.339 e. The predicted octanol–water partition coefficient (Wildman–Crippen LogP) is 4.36. The van der Waals surface area contributed by atoms with Crippen LogP contribution in [0.4, 0.5) is 5.69 Å². The van der Waals surface area contributed by atoms with Gasteiger partial charge in [-0.3, -0.25) is 4.79 Å². The van der Waals surface area contributed by atoms with Gasteiger partial charge >= 0.3 is 5.97 Å². The Morgan fingerprint density at radius 3 is 2.48 bits per heavy atom. The summed E-state index contributed by atoms with van der Waals surface area (Å²) < 4.78 is 5.13. The summed E-state index contributed by atoms with van der Waals surface area (Å²) in [6.07, 6.45) is 1.89. The van der Waals surface area contributed by atoms with Gasteiger partial charge in [0.05, 0.1) is 5.56 Å². The Morgan fingerprint density at radius 2 is 1.68 bits per heavy atom. The normalized spacial score (nSPS) is 10.4. The van der Waals surface area contributed by atoms with Crippen molar-refractivity contribution in [2.24, 2.45) is 0 Å². The zero-order chi connectivity index (χ0) is 17.6. The molecule has 0 heterocycles. The fraction of sp³-hybridized carbons (Fsp3) is 0.100. The van der Waals surface area contributed by atoms with Crippen LogP contribution < -0.4 is 5.32 Å². The Bertz CT molecular complexity index is 923. The topological polar surface area (TPSA) is 55.4 Å². The number of rotatable bonds is 5. The minimum absolute atomic E-state index is 0.325. The summed E-state index contributed by atoms with van der Waals surface area (Å²) in [6.45, 7) is -0.325. The third-order valence-corrected chi connectivity index (χ3v) is 4.49. The van der Waals surface area contributed by atoms with E-state index < -0.39 is 5.97 Å². The second-order valence-corrected chi connectivity index (χ2v) is 6.23. The van der Waals surface area contributed by atoms with Gasteiger partial charge in [0.15, 0.2) is 6.61 Å². The Hall–Kier alpha value is -2.79. The molecule has 126 valence electrons. The number of amides is 1. The van der Waals surface area contributed by atoms with Crippen molar-refractivity contribution in [2.45, 2.75) is 4.90 Å². The van der Waals surface area contributed by atoms with Crippen LogP contribution in [-0.4, -0.2) is 24.7 Å². The van der Waals surface area contributed by atoms with Gasteiger partial charge in [-0.25, -0.2) is 4.79 Å². The minimum Gasteiger partial charge on any atom is -0.452 e. The molecule has 0 saturated carbocycles. The zero-order valence-corrected chi connectivity index (χ0v) is 14.5. The van der Waals surface area contributed by atoms with Crippen molar-refractivity contribution in [1.82, 2.24) is 0 Å². The first-order valence-electron chi connectivity index (χ1n) is 7.76. The van der Waals surface area contributed by atoms with E-state index in [9.17, 15) is 9.59 Å². The van der Waals surface area contributed by atoms with E-state index >= 15 is 0 Å². The molecular formula is C20H17NO3S. The molecule has 4 nitrogen and oxygen atoms in total. The molecule has 0 atom stereocenters. The molecule has 25 heavy (non-hydrogen) atoms. The van der Waals surface area contributed by atoms with Crippen molar-refractivity contribution in [3.8, 4) is 0 Å². The third-order valence-electron chi connectivity index (χ3n) is 3.69. The Kier molecular flexibility index (Phi) is 5.36. The van der Waals surface area contributed by atoms with Gasteiger partial charge in [0, 0.05) is 10.6 Å². The zero-order valence-electron chi connectivity index (χ0n) is 13.7. The number of ether oxygens (including phenoxy) is 1. The molecular weight excluding hydrogens is 334 g/mol. The van der Waals surface area contributed by atoms with E-state index in [2.05, 4.69) is 5.32 Å². The standard InChI is InChI=1S/C20H17NO3S/c1-25-18-9-5-4-8-17(18)20(23)24-13-19(22)21-16-11-10-14-6-2-3-7-15(14)12-16/h2-12H,13H2,1H3,(H,21,22). The fourth-order valence-corrected chi connectivity index (χ4v) is 3.07. The van der Waals surface area contributed by atoms with Crippen molar-refractivity contribution in [1.29, 1.82) is 0 Å². The SMILES string of the molecule is CSc1ccccc1C(=O)OCC(=O)Nc1ccc2ccccc2c1. The molecule has 0 aromatic heterocycles. The van der Waals surface area contributed by atoms with Gasteiger partial charge in [0.2, 0.25) is 0 Å². The first-order valence-corrected chi connectivity index (χ1v) is 8.98. The molecule has 5 heteroatoms. The van der Waals surface area contributed by atoms with Gasteiger partial charge in [-0.05, 0) is 41.3 Å². The second-order valence-electron chi connectivity index (χ2n) is 5.39.